The van der Waals surface area contributed by atoms with E-state index in [2.05, 4.69) is 42.2 Å². The topological polar surface area (TPSA) is 17.0 Å². The number of rotatable bonds is 3. The molecular formula is C16H24F2N2. The monoisotopic (exact) mass is 282 g/mol. The summed E-state index contributed by atoms with van der Waals surface area (Å²) in [4.78, 5) is 0. The third-order valence-electron chi connectivity index (χ3n) is 4.93. The molecule has 0 radical (unpaired) electrons. The molecule has 20 heavy (non-hydrogen) atoms. The van der Waals surface area contributed by atoms with Crippen LogP contribution in [0, 0.1) is 11.3 Å². The van der Waals surface area contributed by atoms with Gasteiger partial charge in [0, 0.05) is 49.8 Å². The van der Waals surface area contributed by atoms with Gasteiger partial charge in [0.15, 0.2) is 0 Å². The first-order chi connectivity index (χ1) is 9.40. The SMILES string of the molecule is CC(C)Cn1ccc([C@@H]2NCC23CCC(F)(F)CC3)c1. The van der Waals surface area contributed by atoms with Crippen molar-refractivity contribution in [3.63, 3.8) is 0 Å². The molecule has 1 aromatic heterocycles. The molecule has 1 saturated carbocycles. The predicted octanol–water partition coefficient (Wildman–Crippen LogP) is 3.98. The van der Waals surface area contributed by atoms with E-state index in [4.69, 9.17) is 0 Å². The minimum absolute atomic E-state index is 0.0535. The van der Waals surface area contributed by atoms with E-state index in [0.717, 1.165) is 13.1 Å². The van der Waals surface area contributed by atoms with Crippen LogP contribution in [0.25, 0.3) is 0 Å². The smallest absolute Gasteiger partial charge is 0.248 e. The van der Waals surface area contributed by atoms with Gasteiger partial charge in [-0.1, -0.05) is 13.8 Å². The lowest BCUT2D eigenvalue weighted by molar-refractivity contribution is -0.0955. The average Bonchev–Trinajstić information content (AvgIpc) is 2.75. The molecule has 1 atom stereocenters. The fourth-order valence-corrected chi connectivity index (χ4v) is 3.71. The Hall–Kier alpha value is -0.900. The second-order valence-corrected chi connectivity index (χ2v) is 7.07. The highest BCUT2D eigenvalue weighted by Crippen LogP contribution is 2.54. The summed E-state index contributed by atoms with van der Waals surface area (Å²) in [6, 6.07) is 2.42. The largest absolute Gasteiger partial charge is 0.354 e. The molecule has 2 aliphatic rings. The van der Waals surface area contributed by atoms with E-state index in [1.54, 1.807) is 0 Å². The van der Waals surface area contributed by atoms with Crippen molar-refractivity contribution in [2.45, 2.75) is 58.0 Å². The Morgan fingerprint density at radius 3 is 2.55 bits per heavy atom. The van der Waals surface area contributed by atoms with E-state index < -0.39 is 5.92 Å². The molecule has 0 aromatic carbocycles. The van der Waals surface area contributed by atoms with E-state index in [1.165, 1.54) is 5.56 Å². The molecule has 1 spiro atoms. The van der Waals surface area contributed by atoms with Crippen molar-refractivity contribution in [3.05, 3.63) is 24.0 Å². The molecule has 3 rings (SSSR count). The molecular weight excluding hydrogens is 258 g/mol. The molecule has 2 heterocycles. The van der Waals surface area contributed by atoms with Crippen LogP contribution in [-0.4, -0.2) is 17.0 Å². The minimum Gasteiger partial charge on any atom is -0.354 e. The number of hydrogen-bond acceptors (Lipinski definition) is 1. The van der Waals surface area contributed by atoms with Gasteiger partial charge in [0.1, 0.15) is 0 Å². The second kappa shape index (κ2) is 4.83. The van der Waals surface area contributed by atoms with Crippen molar-refractivity contribution in [3.8, 4) is 0 Å². The number of nitrogens with zero attached hydrogens (tertiary/aromatic N) is 1. The highest BCUT2D eigenvalue weighted by molar-refractivity contribution is 5.24. The van der Waals surface area contributed by atoms with Gasteiger partial charge in [-0.15, -0.1) is 0 Å². The molecule has 4 heteroatoms. The van der Waals surface area contributed by atoms with E-state index in [9.17, 15) is 8.78 Å². The van der Waals surface area contributed by atoms with E-state index in [0.29, 0.717) is 18.8 Å². The quantitative estimate of drug-likeness (QED) is 0.887. The van der Waals surface area contributed by atoms with Crippen molar-refractivity contribution < 1.29 is 8.78 Å². The van der Waals surface area contributed by atoms with Gasteiger partial charge >= 0.3 is 0 Å². The standard InChI is InChI=1S/C16H24F2N2/c1-12(2)9-20-8-3-13(10-20)14-15(11-19-14)4-6-16(17,18)7-5-15/h3,8,10,12,14,19H,4-7,9,11H2,1-2H3/t14-/m0/s1. The summed E-state index contributed by atoms with van der Waals surface area (Å²) in [6.07, 6.45) is 5.70. The Labute approximate surface area is 119 Å². The number of alkyl halides is 2. The molecule has 0 amide bonds. The van der Waals surface area contributed by atoms with Crippen molar-refractivity contribution >= 4 is 0 Å². The predicted molar refractivity (Wildman–Crippen MR) is 75.9 cm³/mol. The molecule has 1 saturated heterocycles. The van der Waals surface area contributed by atoms with Crippen molar-refractivity contribution in [2.75, 3.05) is 6.54 Å². The van der Waals surface area contributed by atoms with Crippen LogP contribution in [0.5, 0.6) is 0 Å². The Kier molecular flexibility index (Phi) is 3.39. The van der Waals surface area contributed by atoms with Crippen LogP contribution in [-0.2, 0) is 6.54 Å². The summed E-state index contributed by atoms with van der Waals surface area (Å²) in [6.45, 7) is 6.30. The first-order valence-electron chi connectivity index (χ1n) is 7.67. The van der Waals surface area contributed by atoms with E-state index in [1.807, 2.05) is 0 Å². The van der Waals surface area contributed by atoms with Gasteiger partial charge in [-0.05, 0) is 30.4 Å². The Morgan fingerprint density at radius 2 is 2.00 bits per heavy atom. The number of halogens is 2. The Balaban J connectivity index is 1.70. The maximum absolute atomic E-state index is 13.4. The lowest BCUT2D eigenvalue weighted by Gasteiger charge is -2.54. The Morgan fingerprint density at radius 1 is 1.30 bits per heavy atom. The molecule has 1 N–H and O–H groups in total. The lowest BCUT2D eigenvalue weighted by atomic mass is 9.62. The first-order valence-corrected chi connectivity index (χ1v) is 7.67. The maximum atomic E-state index is 13.4. The van der Waals surface area contributed by atoms with Gasteiger partial charge in [-0.25, -0.2) is 8.78 Å². The van der Waals surface area contributed by atoms with Crippen molar-refractivity contribution in [1.82, 2.24) is 9.88 Å². The van der Waals surface area contributed by atoms with E-state index >= 15 is 0 Å². The molecule has 1 aromatic rings. The third kappa shape index (κ3) is 2.50. The molecule has 0 unspecified atom stereocenters. The van der Waals surface area contributed by atoms with Crippen molar-refractivity contribution in [1.29, 1.82) is 0 Å². The number of hydrogen-bond donors (Lipinski definition) is 1. The second-order valence-electron chi connectivity index (χ2n) is 7.07. The van der Waals surface area contributed by atoms with Gasteiger partial charge < -0.3 is 9.88 Å². The summed E-state index contributed by atoms with van der Waals surface area (Å²) < 4.78 is 28.9. The van der Waals surface area contributed by atoms with Crippen LogP contribution in [0.4, 0.5) is 8.78 Å². The number of aromatic nitrogens is 1. The van der Waals surface area contributed by atoms with E-state index in [-0.39, 0.29) is 24.3 Å². The van der Waals surface area contributed by atoms with Gasteiger partial charge in [-0.2, -0.15) is 0 Å². The minimum atomic E-state index is -2.44. The maximum Gasteiger partial charge on any atom is 0.248 e. The molecule has 0 bridgehead atoms. The zero-order valence-corrected chi connectivity index (χ0v) is 12.3. The van der Waals surface area contributed by atoms with Crippen molar-refractivity contribution in [2.24, 2.45) is 11.3 Å². The zero-order chi connectivity index (χ0) is 14.4. The first kappa shape index (κ1) is 14.1. The molecule has 112 valence electrons. The van der Waals surface area contributed by atoms with Gasteiger partial charge in [0.25, 0.3) is 0 Å². The molecule has 1 aliphatic heterocycles. The van der Waals surface area contributed by atoms with Crippen LogP contribution in [0.15, 0.2) is 18.5 Å². The van der Waals surface area contributed by atoms with Gasteiger partial charge in [0.05, 0.1) is 0 Å². The van der Waals surface area contributed by atoms with Crippen LogP contribution in [0.1, 0.15) is 51.1 Å². The van der Waals surface area contributed by atoms with Crippen LogP contribution >= 0.6 is 0 Å². The number of nitrogens with one attached hydrogen (secondary N) is 1. The summed E-state index contributed by atoms with van der Waals surface area (Å²) in [5, 5.41) is 3.46. The fourth-order valence-electron chi connectivity index (χ4n) is 3.71. The summed E-state index contributed by atoms with van der Waals surface area (Å²) in [5.74, 6) is -1.82. The summed E-state index contributed by atoms with van der Waals surface area (Å²) in [5.41, 5.74) is 1.34. The van der Waals surface area contributed by atoms with Crippen LogP contribution in [0.3, 0.4) is 0 Å². The van der Waals surface area contributed by atoms with Gasteiger partial charge in [-0.3, -0.25) is 0 Å². The molecule has 1 aliphatic carbocycles. The molecule has 2 nitrogen and oxygen atoms in total. The third-order valence-corrected chi connectivity index (χ3v) is 4.93. The van der Waals surface area contributed by atoms with Crippen LogP contribution in [0.2, 0.25) is 0 Å². The lowest BCUT2D eigenvalue weighted by Crippen LogP contribution is -2.58. The highest BCUT2D eigenvalue weighted by Gasteiger charge is 2.52. The fraction of sp³-hybridized carbons (Fsp3) is 0.750. The highest BCUT2D eigenvalue weighted by atomic mass is 19.3. The summed E-state index contributed by atoms with van der Waals surface area (Å²) >= 11 is 0. The average molecular weight is 282 g/mol. The zero-order valence-electron chi connectivity index (χ0n) is 12.3. The molecule has 2 fully saturated rings. The van der Waals surface area contributed by atoms with Gasteiger partial charge in [0.2, 0.25) is 5.92 Å². The summed E-state index contributed by atoms with van der Waals surface area (Å²) in [7, 11) is 0. The van der Waals surface area contributed by atoms with Crippen LogP contribution < -0.4 is 5.32 Å². The normalized spacial score (nSPS) is 27.8. The Bertz CT molecular complexity index is 469.